The smallest absolute Gasteiger partial charge is 0.222 e. The van der Waals surface area contributed by atoms with Crippen LogP contribution in [0.5, 0.6) is 0 Å². The van der Waals surface area contributed by atoms with Crippen LogP contribution < -0.4 is 11.1 Å². The first-order valence-corrected chi connectivity index (χ1v) is 7.22. The minimum Gasteiger partial charge on any atom is -0.368 e. The predicted molar refractivity (Wildman–Crippen MR) is 82.8 cm³/mol. The van der Waals surface area contributed by atoms with Crippen LogP contribution in [0, 0.1) is 6.92 Å². The number of hydrogen-bond acceptors (Lipinski definition) is 6. The molecular weight excluding hydrogens is 270 g/mol. The third-order valence-electron chi connectivity index (χ3n) is 2.98. The number of hydrogen-bond donors (Lipinski definition) is 2. The van der Waals surface area contributed by atoms with E-state index in [0.717, 1.165) is 27.4 Å². The number of nitrogens with two attached hydrogens (primary N) is 1. The fraction of sp³-hybridized carbons (Fsp3) is 0.214. The molecule has 20 heavy (non-hydrogen) atoms. The highest BCUT2D eigenvalue weighted by molar-refractivity contribution is 7.09. The molecule has 1 atom stereocenters. The van der Waals surface area contributed by atoms with Crippen LogP contribution in [0.2, 0.25) is 0 Å². The molecule has 0 fully saturated rings. The molecule has 0 aliphatic carbocycles. The lowest BCUT2D eigenvalue weighted by molar-refractivity contribution is 0.857. The maximum atomic E-state index is 5.77. The van der Waals surface area contributed by atoms with Crippen molar-refractivity contribution in [1.82, 2.24) is 15.0 Å². The topological polar surface area (TPSA) is 76.7 Å². The molecule has 0 bridgehead atoms. The molecule has 0 aliphatic rings. The van der Waals surface area contributed by atoms with Crippen LogP contribution >= 0.6 is 11.3 Å². The van der Waals surface area contributed by atoms with Gasteiger partial charge in [-0.3, -0.25) is 0 Å². The zero-order chi connectivity index (χ0) is 14.1. The molecule has 0 amide bonds. The van der Waals surface area contributed by atoms with Crippen LogP contribution in [0.25, 0.3) is 10.9 Å². The molecule has 6 heteroatoms. The van der Waals surface area contributed by atoms with E-state index in [1.54, 1.807) is 11.3 Å². The molecule has 0 spiro atoms. The SMILES string of the molecule is Cc1csc(C(C)Nc2nc(N)nc3ccccc23)n1. The molecule has 3 N–H and O–H groups in total. The number of aromatic nitrogens is 3. The zero-order valence-corrected chi connectivity index (χ0v) is 12.1. The van der Waals surface area contributed by atoms with E-state index in [4.69, 9.17) is 5.73 Å². The number of aryl methyl sites for hydroxylation is 1. The first kappa shape index (κ1) is 12.8. The standard InChI is InChI=1S/C14H15N5S/c1-8-7-20-13(16-8)9(2)17-12-10-5-3-4-6-11(10)18-14(15)19-12/h3-7,9H,1-2H3,(H3,15,17,18,19). The highest BCUT2D eigenvalue weighted by atomic mass is 32.1. The summed E-state index contributed by atoms with van der Waals surface area (Å²) in [5.74, 6) is 1.02. The summed E-state index contributed by atoms with van der Waals surface area (Å²) in [6.07, 6.45) is 0. The van der Waals surface area contributed by atoms with Gasteiger partial charge in [-0.25, -0.2) is 9.97 Å². The lowest BCUT2D eigenvalue weighted by Crippen LogP contribution is -2.10. The summed E-state index contributed by atoms with van der Waals surface area (Å²) in [4.78, 5) is 13.0. The average molecular weight is 285 g/mol. The summed E-state index contributed by atoms with van der Waals surface area (Å²) in [5.41, 5.74) is 7.64. The Morgan fingerprint density at radius 2 is 2.00 bits per heavy atom. The van der Waals surface area contributed by atoms with E-state index in [2.05, 4.69) is 27.2 Å². The second kappa shape index (κ2) is 5.05. The minimum atomic E-state index is 0.0754. The van der Waals surface area contributed by atoms with E-state index >= 15 is 0 Å². The van der Waals surface area contributed by atoms with E-state index in [1.807, 2.05) is 36.6 Å². The second-order valence-electron chi connectivity index (χ2n) is 4.64. The van der Waals surface area contributed by atoms with Gasteiger partial charge < -0.3 is 11.1 Å². The molecule has 0 saturated carbocycles. The summed E-state index contributed by atoms with van der Waals surface area (Å²) >= 11 is 1.64. The summed E-state index contributed by atoms with van der Waals surface area (Å²) in [5, 5.41) is 7.41. The molecule has 2 aromatic heterocycles. The van der Waals surface area contributed by atoms with Crippen LogP contribution in [0.1, 0.15) is 23.7 Å². The Bertz CT molecular complexity index is 752. The molecule has 0 aliphatic heterocycles. The number of nitrogens with zero attached hydrogens (tertiary/aromatic N) is 3. The predicted octanol–water partition coefficient (Wildman–Crippen LogP) is 3.15. The molecule has 102 valence electrons. The third-order valence-corrected chi connectivity index (χ3v) is 4.13. The van der Waals surface area contributed by atoms with Crippen LogP contribution in [0.15, 0.2) is 29.6 Å². The first-order valence-electron chi connectivity index (χ1n) is 6.34. The molecule has 3 rings (SSSR count). The van der Waals surface area contributed by atoms with Gasteiger partial charge in [-0.05, 0) is 26.0 Å². The van der Waals surface area contributed by atoms with E-state index in [1.165, 1.54) is 0 Å². The van der Waals surface area contributed by atoms with Crippen molar-refractivity contribution < 1.29 is 0 Å². The maximum absolute atomic E-state index is 5.77. The minimum absolute atomic E-state index is 0.0754. The maximum Gasteiger partial charge on any atom is 0.222 e. The Morgan fingerprint density at radius 1 is 1.20 bits per heavy atom. The van der Waals surface area contributed by atoms with E-state index in [9.17, 15) is 0 Å². The number of anilines is 2. The van der Waals surface area contributed by atoms with Gasteiger partial charge in [0.25, 0.3) is 0 Å². The third kappa shape index (κ3) is 2.42. The van der Waals surface area contributed by atoms with Crippen molar-refractivity contribution in [2.45, 2.75) is 19.9 Å². The Kier molecular flexibility index (Phi) is 3.23. The average Bonchev–Trinajstić information content (AvgIpc) is 2.85. The Balaban J connectivity index is 1.98. The molecule has 1 unspecified atom stereocenters. The van der Waals surface area contributed by atoms with Gasteiger partial charge in [-0.15, -0.1) is 11.3 Å². The number of nitrogens with one attached hydrogen (secondary N) is 1. The van der Waals surface area contributed by atoms with Crippen molar-refractivity contribution in [3.63, 3.8) is 0 Å². The normalized spacial score (nSPS) is 12.5. The zero-order valence-electron chi connectivity index (χ0n) is 11.3. The van der Waals surface area contributed by atoms with Gasteiger partial charge in [0, 0.05) is 16.5 Å². The quantitative estimate of drug-likeness (QED) is 0.773. The van der Waals surface area contributed by atoms with Gasteiger partial charge in [0.2, 0.25) is 5.95 Å². The first-order chi connectivity index (χ1) is 9.63. The molecule has 1 aromatic carbocycles. The largest absolute Gasteiger partial charge is 0.368 e. The molecule has 2 heterocycles. The highest BCUT2D eigenvalue weighted by Gasteiger charge is 2.12. The number of benzene rings is 1. The van der Waals surface area contributed by atoms with Crippen molar-refractivity contribution in [2.24, 2.45) is 0 Å². The molecule has 5 nitrogen and oxygen atoms in total. The van der Waals surface area contributed by atoms with Crippen molar-refractivity contribution >= 4 is 34.0 Å². The van der Waals surface area contributed by atoms with E-state index in [-0.39, 0.29) is 12.0 Å². The van der Waals surface area contributed by atoms with Crippen molar-refractivity contribution in [1.29, 1.82) is 0 Å². The number of para-hydroxylation sites is 1. The summed E-state index contributed by atoms with van der Waals surface area (Å²) in [7, 11) is 0. The number of rotatable bonds is 3. The highest BCUT2D eigenvalue weighted by Crippen LogP contribution is 2.26. The molecule has 0 saturated heterocycles. The van der Waals surface area contributed by atoms with Crippen LogP contribution in [0.3, 0.4) is 0 Å². The van der Waals surface area contributed by atoms with E-state index in [0.29, 0.717) is 0 Å². The van der Waals surface area contributed by atoms with Gasteiger partial charge in [0.1, 0.15) is 10.8 Å². The van der Waals surface area contributed by atoms with E-state index < -0.39 is 0 Å². The second-order valence-corrected chi connectivity index (χ2v) is 5.53. The van der Waals surface area contributed by atoms with Gasteiger partial charge in [0.05, 0.1) is 11.6 Å². The Labute approximate surface area is 120 Å². The van der Waals surface area contributed by atoms with Crippen LogP contribution in [-0.2, 0) is 0 Å². The van der Waals surface area contributed by atoms with Gasteiger partial charge in [0.15, 0.2) is 0 Å². The fourth-order valence-corrected chi connectivity index (χ4v) is 2.85. The number of nitrogen functional groups attached to an aromatic ring is 1. The molecule has 0 radical (unpaired) electrons. The summed E-state index contributed by atoms with van der Waals surface area (Å²) in [6, 6.07) is 7.89. The fourth-order valence-electron chi connectivity index (χ4n) is 2.04. The number of fused-ring (bicyclic) bond motifs is 1. The Hall–Kier alpha value is -2.21. The summed E-state index contributed by atoms with van der Waals surface area (Å²) < 4.78 is 0. The van der Waals surface area contributed by atoms with Crippen molar-refractivity contribution in [3.05, 3.63) is 40.3 Å². The molecular formula is C14H15N5S. The lowest BCUT2D eigenvalue weighted by Gasteiger charge is -2.14. The van der Waals surface area contributed by atoms with Crippen LogP contribution in [-0.4, -0.2) is 15.0 Å². The Morgan fingerprint density at radius 3 is 2.75 bits per heavy atom. The summed E-state index contributed by atoms with van der Waals surface area (Å²) in [6.45, 7) is 4.05. The van der Waals surface area contributed by atoms with Gasteiger partial charge in [-0.2, -0.15) is 4.98 Å². The monoisotopic (exact) mass is 285 g/mol. The van der Waals surface area contributed by atoms with Crippen molar-refractivity contribution in [2.75, 3.05) is 11.1 Å². The van der Waals surface area contributed by atoms with Gasteiger partial charge in [-0.1, -0.05) is 12.1 Å². The molecule has 3 aromatic rings. The lowest BCUT2D eigenvalue weighted by atomic mass is 10.2. The number of thiazole rings is 1. The van der Waals surface area contributed by atoms with Crippen LogP contribution in [0.4, 0.5) is 11.8 Å². The van der Waals surface area contributed by atoms with Gasteiger partial charge >= 0.3 is 0 Å². The van der Waals surface area contributed by atoms with Crippen molar-refractivity contribution in [3.8, 4) is 0 Å².